The van der Waals surface area contributed by atoms with Gasteiger partial charge < -0.3 is 9.52 Å². The third-order valence-electron chi connectivity index (χ3n) is 4.86. The van der Waals surface area contributed by atoms with Crippen LogP contribution in [0.15, 0.2) is 16.7 Å². The van der Waals surface area contributed by atoms with Crippen LogP contribution in [0.25, 0.3) is 0 Å². The van der Waals surface area contributed by atoms with Crippen LogP contribution in [0.4, 0.5) is 0 Å². The Balaban J connectivity index is 1.48. The number of hydrogen-bond donors (Lipinski definition) is 1. The van der Waals surface area contributed by atoms with E-state index in [2.05, 4.69) is 15.9 Å². The SMILES string of the molecule is Cc1occc1CN1CCC(N2CCC[C@H](O)C2)CC1. The van der Waals surface area contributed by atoms with Crippen molar-refractivity contribution in [1.82, 2.24) is 9.80 Å². The van der Waals surface area contributed by atoms with E-state index in [4.69, 9.17) is 4.42 Å². The molecule has 2 aliphatic rings. The van der Waals surface area contributed by atoms with Crippen molar-refractivity contribution in [1.29, 1.82) is 0 Å². The maximum Gasteiger partial charge on any atom is 0.105 e. The number of hydrogen-bond acceptors (Lipinski definition) is 4. The molecule has 4 heteroatoms. The summed E-state index contributed by atoms with van der Waals surface area (Å²) in [6, 6.07) is 2.76. The van der Waals surface area contributed by atoms with Gasteiger partial charge in [0.05, 0.1) is 12.4 Å². The van der Waals surface area contributed by atoms with Gasteiger partial charge in [0.25, 0.3) is 0 Å². The smallest absolute Gasteiger partial charge is 0.105 e. The Kier molecular flexibility index (Phi) is 4.44. The topological polar surface area (TPSA) is 39.9 Å². The first-order chi connectivity index (χ1) is 9.72. The monoisotopic (exact) mass is 278 g/mol. The molecular weight excluding hydrogens is 252 g/mol. The van der Waals surface area contributed by atoms with Gasteiger partial charge in [-0.2, -0.15) is 0 Å². The number of furan rings is 1. The summed E-state index contributed by atoms with van der Waals surface area (Å²) in [6.45, 7) is 7.41. The molecule has 0 aliphatic carbocycles. The molecule has 20 heavy (non-hydrogen) atoms. The molecule has 0 aromatic carbocycles. The molecule has 1 atom stereocenters. The first-order valence-electron chi connectivity index (χ1n) is 7.90. The number of aliphatic hydroxyl groups is 1. The zero-order valence-corrected chi connectivity index (χ0v) is 12.4. The van der Waals surface area contributed by atoms with Crippen LogP contribution in [-0.2, 0) is 6.54 Å². The molecule has 1 aromatic rings. The second-order valence-corrected chi connectivity index (χ2v) is 6.30. The summed E-state index contributed by atoms with van der Waals surface area (Å²) in [6.07, 6.45) is 6.26. The van der Waals surface area contributed by atoms with E-state index in [0.717, 1.165) is 44.8 Å². The van der Waals surface area contributed by atoms with Crippen LogP contribution in [0, 0.1) is 6.92 Å². The lowest BCUT2D eigenvalue weighted by Crippen LogP contribution is -2.49. The number of likely N-dealkylation sites (tertiary alicyclic amines) is 2. The molecule has 2 fully saturated rings. The van der Waals surface area contributed by atoms with Crippen LogP contribution in [0.3, 0.4) is 0 Å². The predicted octanol–water partition coefficient (Wildman–Crippen LogP) is 2.01. The van der Waals surface area contributed by atoms with Crippen molar-refractivity contribution in [2.75, 3.05) is 26.2 Å². The molecule has 2 saturated heterocycles. The van der Waals surface area contributed by atoms with Crippen molar-refractivity contribution in [2.45, 2.75) is 51.3 Å². The first-order valence-corrected chi connectivity index (χ1v) is 7.90. The van der Waals surface area contributed by atoms with E-state index in [0.29, 0.717) is 6.04 Å². The zero-order chi connectivity index (χ0) is 13.9. The standard InChI is InChI=1S/C16H26N2O2/c1-13-14(6-10-20-13)11-17-8-4-15(5-9-17)18-7-2-3-16(19)12-18/h6,10,15-16,19H,2-5,7-9,11-12H2,1H3/t16-/m0/s1. The molecule has 0 bridgehead atoms. The number of nitrogens with zero attached hydrogens (tertiary/aromatic N) is 2. The Morgan fingerprint density at radius 1 is 1.25 bits per heavy atom. The fourth-order valence-electron chi connectivity index (χ4n) is 3.57. The molecular formula is C16H26N2O2. The Morgan fingerprint density at radius 2 is 2.05 bits per heavy atom. The highest BCUT2D eigenvalue weighted by atomic mass is 16.3. The molecule has 1 aromatic heterocycles. The number of β-amino-alcohol motifs (C(OH)–C–C–N with tert-alkyl or cyclic N) is 1. The molecule has 1 N–H and O–H groups in total. The Hall–Kier alpha value is -0.840. The number of piperidine rings is 2. The van der Waals surface area contributed by atoms with E-state index in [1.807, 2.05) is 6.92 Å². The second-order valence-electron chi connectivity index (χ2n) is 6.30. The van der Waals surface area contributed by atoms with Crippen LogP contribution in [-0.4, -0.2) is 53.2 Å². The van der Waals surface area contributed by atoms with Crippen LogP contribution in [0.1, 0.15) is 37.0 Å². The normalized spacial score (nSPS) is 27.0. The van der Waals surface area contributed by atoms with E-state index in [-0.39, 0.29) is 6.10 Å². The van der Waals surface area contributed by atoms with Gasteiger partial charge in [0.1, 0.15) is 5.76 Å². The van der Waals surface area contributed by atoms with Crippen LogP contribution in [0.5, 0.6) is 0 Å². The summed E-state index contributed by atoms with van der Waals surface area (Å²) >= 11 is 0. The van der Waals surface area contributed by atoms with Gasteiger partial charge in [-0.25, -0.2) is 0 Å². The highest BCUT2D eigenvalue weighted by Gasteiger charge is 2.28. The quantitative estimate of drug-likeness (QED) is 0.918. The van der Waals surface area contributed by atoms with Crippen molar-refractivity contribution in [2.24, 2.45) is 0 Å². The van der Waals surface area contributed by atoms with Crippen LogP contribution >= 0.6 is 0 Å². The van der Waals surface area contributed by atoms with Crippen molar-refractivity contribution >= 4 is 0 Å². The van der Waals surface area contributed by atoms with Gasteiger partial charge >= 0.3 is 0 Å². The number of aryl methyl sites for hydroxylation is 1. The minimum absolute atomic E-state index is 0.102. The molecule has 3 rings (SSSR count). The minimum atomic E-state index is -0.102. The lowest BCUT2D eigenvalue weighted by Gasteiger charge is -2.41. The van der Waals surface area contributed by atoms with E-state index in [1.165, 1.54) is 24.9 Å². The van der Waals surface area contributed by atoms with E-state index in [1.54, 1.807) is 6.26 Å². The molecule has 0 saturated carbocycles. The van der Waals surface area contributed by atoms with Gasteiger partial charge in [-0.05, 0) is 58.3 Å². The fourth-order valence-corrected chi connectivity index (χ4v) is 3.57. The van der Waals surface area contributed by atoms with E-state index >= 15 is 0 Å². The van der Waals surface area contributed by atoms with Crippen molar-refractivity contribution in [3.8, 4) is 0 Å². The average Bonchev–Trinajstić information content (AvgIpc) is 2.85. The third kappa shape index (κ3) is 3.25. The van der Waals surface area contributed by atoms with Gasteiger partial charge in [0.15, 0.2) is 0 Å². The van der Waals surface area contributed by atoms with Gasteiger partial charge in [-0.15, -0.1) is 0 Å². The zero-order valence-electron chi connectivity index (χ0n) is 12.4. The number of rotatable bonds is 3. The maximum atomic E-state index is 9.80. The summed E-state index contributed by atoms with van der Waals surface area (Å²) < 4.78 is 5.37. The molecule has 0 radical (unpaired) electrons. The van der Waals surface area contributed by atoms with Gasteiger partial charge in [-0.3, -0.25) is 9.80 Å². The largest absolute Gasteiger partial charge is 0.469 e. The first kappa shape index (κ1) is 14.1. The summed E-state index contributed by atoms with van der Waals surface area (Å²) in [5.74, 6) is 1.05. The van der Waals surface area contributed by atoms with E-state index in [9.17, 15) is 5.11 Å². The average molecular weight is 278 g/mol. The van der Waals surface area contributed by atoms with Gasteiger partial charge in [-0.1, -0.05) is 0 Å². The summed E-state index contributed by atoms with van der Waals surface area (Å²) in [7, 11) is 0. The lowest BCUT2D eigenvalue weighted by atomic mass is 9.98. The van der Waals surface area contributed by atoms with Crippen LogP contribution < -0.4 is 0 Å². The molecule has 2 aliphatic heterocycles. The Labute approximate surface area is 121 Å². The Morgan fingerprint density at radius 3 is 2.70 bits per heavy atom. The highest BCUT2D eigenvalue weighted by molar-refractivity contribution is 5.15. The third-order valence-corrected chi connectivity index (χ3v) is 4.86. The van der Waals surface area contributed by atoms with Crippen molar-refractivity contribution in [3.05, 3.63) is 23.7 Å². The molecule has 112 valence electrons. The van der Waals surface area contributed by atoms with Crippen molar-refractivity contribution in [3.63, 3.8) is 0 Å². The van der Waals surface area contributed by atoms with Gasteiger partial charge in [0, 0.05) is 24.7 Å². The van der Waals surface area contributed by atoms with Crippen molar-refractivity contribution < 1.29 is 9.52 Å². The molecule has 3 heterocycles. The number of aliphatic hydroxyl groups excluding tert-OH is 1. The highest BCUT2D eigenvalue weighted by Crippen LogP contribution is 2.22. The summed E-state index contributed by atoms with van der Waals surface area (Å²) in [5.41, 5.74) is 1.32. The second kappa shape index (κ2) is 6.29. The minimum Gasteiger partial charge on any atom is -0.469 e. The molecule has 0 amide bonds. The fraction of sp³-hybridized carbons (Fsp3) is 0.750. The van der Waals surface area contributed by atoms with E-state index < -0.39 is 0 Å². The summed E-state index contributed by atoms with van der Waals surface area (Å²) in [4.78, 5) is 5.03. The predicted molar refractivity (Wildman–Crippen MR) is 78.6 cm³/mol. The van der Waals surface area contributed by atoms with Crippen LogP contribution in [0.2, 0.25) is 0 Å². The maximum absolute atomic E-state index is 9.80. The molecule has 0 spiro atoms. The summed E-state index contributed by atoms with van der Waals surface area (Å²) in [5, 5.41) is 9.80. The Bertz CT molecular complexity index is 424. The lowest BCUT2D eigenvalue weighted by molar-refractivity contribution is 0.0243. The van der Waals surface area contributed by atoms with Gasteiger partial charge in [0.2, 0.25) is 0 Å². The molecule has 4 nitrogen and oxygen atoms in total. The molecule has 0 unspecified atom stereocenters.